The summed E-state index contributed by atoms with van der Waals surface area (Å²) >= 11 is 4.11. The molecule has 10 heteroatoms. The van der Waals surface area contributed by atoms with E-state index >= 15 is 0 Å². The monoisotopic (exact) mass is 345 g/mol. The zero-order valence-corrected chi connectivity index (χ0v) is 13.2. The Kier molecular flexibility index (Phi) is 3.95. The second kappa shape index (κ2) is 5.59. The van der Waals surface area contributed by atoms with Crippen molar-refractivity contribution in [3.63, 3.8) is 0 Å². The number of carbonyl (C=O) groups excluding carboxylic acids is 1. The molecule has 0 spiro atoms. The van der Waals surface area contributed by atoms with Crippen LogP contribution in [0.4, 0.5) is 0 Å². The Bertz CT molecular complexity index is 616. The molecule has 112 valence electrons. The lowest BCUT2D eigenvalue weighted by Crippen LogP contribution is -2.60. The van der Waals surface area contributed by atoms with E-state index in [9.17, 15) is 19.8 Å². The van der Waals surface area contributed by atoms with E-state index in [2.05, 4.69) is 10.2 Å². The first-order valence-electron chi connectivity index (χ1n) is 6.04. The zero-order chi connectivity index (χ0) is 15.1. The summed E-state index contributed by atoms with van der Waals surface area (Å²) in [5.74, 6) is -1.55. The van der Waals surface area contributed by atoms with Crippen LogP contribution in [0.5, 0.6) is 0 Å². The molecule has 1 saturated heterocycles. The molecule has 3 atom stereocenters. The van der Waals surface area contributed by atoms with Crippen molar-refractivity contribution >= 4 is 46.7 Å². The molecule has 0 bridgehead atoms. The van der Waals surface area contributed by atoms with E-state index in [1.807, 2.05) is 0 Å². The number of thioether (sulfide) groups is 2. The van der Waals surface area contributed by atoms with Gasteiger partial charge in [-0.3, -0.25) is 9.69 Å². The van der Waals surface area contributed by atoms with Gasteiger partial charge in [-0.15, -0.1) is 22.0 Å². The number of hydrogen-bond donors (Lipinski definition) is 2. The summed E-state index contributed by atoms with van der Waals surface area (Å²) in [6.45, 7) is 1.55. The van der Waals surface area contributed by atoms with Crippen LogP contribution in [-0.2, 0) is 9.59 Å². The minimum atomic E-state index is -1.12. The standard InChI is InChI=1S/C11H11N3O4S3/c1-4(15)6-8(16)14-7(10(17)18)5(21-9(6)14)2-19-11-13-12-3-20-11/h3-4,6,9,15H,2H2,1H3,(H,17,18)/t4?,6-,9-/m1/s1. The second-order valence-electron chi connectivity index (χ2n) is 4.55. The molecule has 0 aliphatic carbocycles. The van der Waals surface area contributed by atoms with Crippen molar-refractivity contribution in [3.8, 4) is 0 Å². The summed E-state index contributed by atoms with van der Waals surface area (Å²) in [6.07, 6.45) is -0.781. The van der Waals surface area contributed by atoms with E-state index < -0.39 is 18.0 Å². The fraction of sp³-hybridized carbons (Fsp3) is 0.455. The highest BCUT2D eigenvalue weighted by atomic mass is 32.2. The van der Waals surface area contributed by atoms with E-state index in [0.29, 0.717) is 10.7 Å². The van der Waals surface area contributed by atoms with Gasteiger partial charge in [0.1, 0.15) is 16.6 Å². The predicted octanol–water partition coefficient (Wildman–Crippen LogP) is 0.838. The topological polar surface area (TPSA) is 104 Å². The lowest BCUT2D eigenvalue weighted by molar-refractivity contribution is -0.156. The number of aliphatic hydroxyl groups excluding tert-OH is 1. The minimum absolute atomic E-state index is 0.0314. The van der Waals surface area contributed by atoms with Crippen LogP contribution in [0.25, 0.3) is 0 Å². The molecular weight excluding hydrogens is 334 g/mol. The molecule has 2 N–H and O–H groups in total. The highest BCUT2D eigenvalue weighted by Crippen LogP contribution is 2.51. The fourth-order valence-electron chi connectivity index (χ4n) is 2.31. The van der Waals surface area contributed by atoms with Crippen molar-refractivity contribution in [2.75, 3.05) is 5.75 Å². The smallest absolute Gasteiger partial charge is 0.353 e. The summed E-state index contributed by atoms with van der Waals surface area (Å²) < 4.78 is 0.750. The molecule has 1 unspecified atom stereocenters. The van der Waals surface area contributed by atoms with Crippen LogP contribution in [0.1, 0.15) is 6.92 Å². The third kappa shape index (κ3) is 2.45. The summed E-state index contributed by atoms with van der Waals surface area (Å²) in [5, 5.41) is 26.3. The van der Waals surface area contributed by atoms with Crippen LogP contribution in [0, 0.1) is 5.92 Å². The molecule has 1 aromatic rings. The Hall–Kier alpha value is -1.10. The Labute approximate surface area is 132 Å². The van der Waals surface area contributed by atoms with Gasteiger partial charge in [0.15, 0.2) is 4.34 Å². The maximum absolute atomic E-state index is 12.0. The Morgan fingerprint density at radius 3 is 2.95 bits per heavy atom. The number of amides is 1. The lowest BCUT2D eigenvalue weighted by Gasteiger charge is -2.43. The number of carboxylic acids is 1. The maximum Gasteiger partial charge on any atom is 0.353 e. The van der Waals surface area contributed by atoms with E-state index in [-0.39, 0.29) is 17.0 Å². The first-order chi connectivity index (χ1) is 10.0. The van der Waals surface area contributed by atoms with Gasteiger partial charge < -0.3 is 10.2 Å². The molecule has 21 heavy (non-hydrogen) atoms. The molecule has 3 heterocycles. The molecule has 2 aliphatic rings. The van der Waals surface area contributed by atoms with Gasteiger partial charge in [-0.1, -0.05) is 23.1 Å². The summed E-state index contributed by atoms with van der Waals surface area (Å²) in [5.41, 5.74) is 1.64. The summed E-state index contributed by atoms with van der Waals surface area (Å²) in [6, 6.07) is 0. The Morgan fingerprint density at radius 2 is 2.38 bits per heavy atom. The summed E-state index contributed by atoms with van der Waals surface area (Å²) in [4.78, 5) is 25.3. The van der Waals surface area contributed by atoms with Crippen molar-refractivity contribution in [2.45, 2.75) is 22.7 Å². The van der Waals surface area contributed by atoms with Crippen LogP contribution in [0.15, 0.2) is 20.5 Å². The predicted molar refractivity (Wildman–Crippen MR) is 78.7 cm³/mol. The first-order valence-corrected chi connectivity index (χ1v) is 8.78. The van der Waals surface area contributed by atoms with Crippen LogP contribution in [0.3, 0.4) is 0 Å². The zero-order valence-electron chi connectivity index (χ0n) is 10.8. The van der Waals surface area contributed by atoms with Crippen molar-refractivity contribution < 1.29 is 19.8 Å². The van der Waals surface area contributed by atoms with Crippen molar-refractivity contribution in [3.05, 3.63) is 16.1 Å². The molecule has 1 fully saturated rings. The number of nitrogens with zero attached hydrogens (tertiary/aromatic N) is 3. The number of aromatic nitrogens is 2. The number of aliphatic carboxylic acids is 1. The number of aliphatic hydroxyl groups is 1. The molecular formula is C11H11N3O4S3. The number of carbonyl (C=O) groups is 2. The number of hydrogen-bond acceptors (Lipinski definition) is 8. The highest BCUT2D eigenvalue weighted by molar-refractivity contribution is 8.07. The third-order valence-corrected chi connectivity index (χ3v) is 6.68. The number of β-lactam (4-membered cyclic amide) rings is 1. The van der Waals surface area contributed by atoms with Crippen molar-refractivity contribution in [1.82, 2.24) is 15.1 Å². The molecule has 0 aromatic carbocycles. The van der Waals surface area contributed by atoms with Gasteiger partial charge in [0.2, 0.25) is 5.91 Å². The number of fused-ring (bicyclic) bond motifs is 1. The molecule has 7 nitrogen and oxygen atoms in total. The van der Waals surface area contributed by atoms with Crippen LogP contribution < -0.4 is 0 Å². The average Bonchev–Trinajstić information content (AvgIpc) is 3.01. The largest absolute Gasteiger partial charge is 0.477 e. The van der Waals surface area contributed by atoms with Crippen LogP contribution in [-0.4, -0.2) is 54.4 Å². The Morgan fingerprint density at radius 1 is 1.62 bits per heavy atom. The van der Waals surface area contributed by atoms with Gasteiger partial charge >= 0.3 is 5.97 Å². The molecule has 1 amide bonds. The van der Waals surface area contributed by atoms with Crippen LogP contribution in [0.2, 0.25) is 0 Å². The third-order valence-electron chi connectivity index (χ3n) is 3.24. The Balaban J connectivity index is 1.79. The van der Waals surface area contributed by atoms with Crippen LogP contribution >= 0.6 is 34.9 Å². The minimum Gasteiger partial charge on any atom is -0.477 e. The van der Waals surface area contributed by atoms with Gasteiger partial charge in [-0.25, -0.2) is 4.79 Å². The van der Waals surface area contributed by atoms with Gasteiger partial charge in [0, 0.05) is 10.7 Å². The molecule has 3 rings (SSSR count). The molecule has 0 radical (unpaired) electrons. The SMILES string of the molecule is CC(O)[C@@H]1C(=O)N2C(C(=O)O)=C(CSc3nncs3)S[C@H]12. The van der Waals surface area contributed by atoms with Crippen molar-refractivity contribution in [1.29, 1.82) is 0 Å². The lowest BCUT2D eigenvalue weighted by atomic mass is 9.92. The normalized spacial score (nSPS) is 25.8. The maximum atomic E-state index is 12.0. The van der Waals surface area contributed by atoms with Gasteiger partial charge in [0.05, 0.1) is 12.0 Å². The molecule has 0 saturated carbocycles. The first kappa shape index (κ1) is 14.8. The van der Waals surface area contributed by atoms with Gasteiger partial charge in [-0.05, 0) is 6.92 Å². The fourth-order valence-corrected chi connectivity index (χ4v) is 5.50. The van der Waals surface area contributed by atoms with E-state index in [0.717, 1.165) is 4.34 Å². The second-order valence-corrected chi connectivity index (χ2v) is 7.82. The van der Waals surface area contributed by atoms with Gasteiger partial charge in [-0.2, -0.15) is 0 Å². The van der Waals surface area contributed by atoms with Gasteiger partial charge in [0.25, 0.3) is 0 Å². The number of carboxylic acid groups (broad SMARTS) is 1. The van der Waals surface area contributed by atoms with Crippen molar-refractivity contribution in [2.24, 2.45) is 5.92 Å². The molecule has 1 aromatic heterocycles. The number of rotatable bonds is 5. The van der Waals surface area contributed by atoms with E-state index in [4.69, 9.17) is 0 Å². The molecule has 2 aliphatic heterocycles. The van der Waals surface area contributed by atoms with E-state index in [1.54, 1.807) is 12.4 Å². The summed E-state index contributed by atoms with van der Waals surface area (Å²) in [7, 11) is 0. The quantitative estimate of drug-likeness (QED) is 0.598. The average molecular weight is 345 g/mol. The highest BCUT2D eigenvalue weighted by Gasteiger charge is 2.57. The van der Waals surface area contributed by atoms with E-state index in [1.165, 1.54) is 39.8 Å².